The van der Waals surface area contributed by atoms with Crippen LogP contribution in [0.5, 0.6) is 5.75 Å². The van der Waals surface area contributed by atoms with Gasteiger partial charge in [0, 0.05) is 0 Å². The van der Waals surface area contributed by atoms with Crippen LogP contribution in [-0.2, 0) is 15.3 Å². The summed E-state index contributed by atoms with van der Waals surface area (Å²) >= 11 is 0. The summed E-state index contributed by atoms with van der Waals surface area (Å²) in [7, 11) is 0. The summed E-state index contributed by atoms with van der Waals surface area (Å²) < 4.78 is 16.9. The first-order valence-electron chi connectivity index (χ1n) is 5.67. The summed E-state index contributed by atoms with van der Waals surface area (Å²) in [6.45, 7) is 7.88. The molecule has 0 radical (unpaired) electrons. The molecule has 88 valence electrons. The fourth-order valence-electron chi connectivity index (χ4n) is 1.95. The lowest BCUT2D eigenvalue weighted by Crippen LogP contribution is -2.23. The molecule has 2 rings (SSSR count). The van der Waals surface area contributed by atoms with Gasteiger partial charge in [-0.2, -0.15) is 0 Å². The van der Waals surface area contributed by atoms with Gasteiger partial charge in [-0.1, -0.05) is 11.6 Å². The number of rotatable bonds is 3. The topological polar surface area (TPSA) is 27.7 Å². The predicted octanol–water partition coefficient (Wildman–Crippen LogP) is 2.61. The highest BCUT2D eigenvalue weighted by Crippen LogP contribution is 2.37. The minimum absolute atomic E-state index is 0.635. The molecule has 1 aromatic rings. The van der Waals surface area contributed by atoms with Crippen LogP contribution in [0.3, 0.4) is 0 Å². The van der Waals surface area contributed by atoms with E-state index in [9.17, 15) is 0 Å². The molecule has 1 saturated heterocycles. The maximum absolute atomic E-state index is 5.67. The Hall–Kier alpha value is -1.06. The molecule has 3 heteroatoms. The highest BCUT2D eigenvalue weighted by Gasteiger charge is 2.35. The molecule has 1 aliphatic heterocycles. The zero-order valence-corrected chi connectivity index (χ0v) is 10.1. The average Bonchev–Trinajstić information content (AvgIpc) is 2.69. The van der Waals surface area contributed by atoms with Gasteiger partial charge in [0.2, 0.25) is 0 Å². The van der Waals surface area contributed by atoms with Crippen molar-refractivity contribution >= 4 is 0 Å². The minimum atomic E-state index is -0.656. The summed E-state index contributed by atoms with van der Waals surface area (Å²) in [5.41, 5.74) is 2.16. The summed E-state index contributed by atoms with van der Waals surface area (Å²) in [6.07, 6.45) is 0. The molecule has 16 heavy (non-hydrogen) atoms. The van der Waals surface area contributed by atoms with Gasteiger partial charge in [0.05, 0.1) is 25.4 Å². The van der Waals surface area contributed by atoms with E-state index in [4.69, 9.17) is 14.2 Å². The molecule has 3 nitrogen and oxygen atoms in total. The highest BCUT2D eigenvalue weighted by molar-refractivity contribution is 5.40. The third-order valence-electron chi connectivity index (χ3n) is 2.76. The van der Waals surface area contributed by atoms with Crippen LogP contribution in [0.25, 0.3) is 0 Å². The maximum atomic E-state index is 5.67. The monoisotopic (exact) mass is 222 g/mol. The lowest BCUT2D eigenvalue weighted by Gasteiger charge is -2.25. The highest BCUT2D eigenvalue weighted by atomic mass is 16.7. The van der Waals surface area contributed by atoms with Crippen molar-refractivity contribution in [3.05, 3.63) is 29.3 Å². The van der Waals surface area contributed by atoms with Gasteiger partial charge in [0.1, 0.15) is 5.75 Å². The Morgan fingerprint density at radius 1 is 1.31 bits per heavy atom. The summed E-state index contributed by atoms with van der Waals surface area (Å²) in [5, 5.41) is 0. The molecule has 0 aliphatic carbocycles. The van der Waals surface area contributed by atoms with Gasteiger partial charge in [-0.3, -0.25) is 0 Å². The molecule has 0 N–H and O–H groups in total. The van der Waals surface area contributed by atoms with E-state index >= 15 is 0 Å². The molecular formula is C13H18O3. The van der Waals surface area contributed by atoms with Gasteiger partial charge in [-0.05, 0) is 32.9 Å². The molecule has 1 heterocycles. The Kier molecular flexibility index (Phi) is 3.17. The van der Waals surface area contributed by atoms with Gasteiger partial charge >= 0.3 is 0 Å². The van der Waals surface area contributed by atoms with Crippen molar-refractivity contribution in [1.82, 2.24) is 0 Å². The van der Waals surface area contributed by atoms with Crippen molar-refractivity contribution in [2.24, 2.45) is 0 Å². The van der Waals surface area contributed by atoms with E-state index in [2.05, 4.69) is 13.0 Å². The van der Waals surface area contributed by atoms with Crippen molar-refractivity contribution in [3.63, 3.8) is 0 Å². The van der Waals surface area contributed by atoms with Crippen molar-refractivity contribution in [3.8, 4) is 5.75 Å². The number of hydrogen-bond donors (Lipinski definition) is 0. The normalized spacial score (nSPS) is 18.7. The first-order chi connectivity index (χ1) is 7.65. The van der Waals surface area contributed by atoms with Crippen LogP contribution in [-0.4, -0.2) is 19.8 Å². The predicted molar refractivity (Wildman–Crippen MR) is 61.6 cm³/mol. The molecule has 0 bridgehead atoms. The van der Waals surface area contributed by atoms with Gasteiger partial charge in [-0.25, -0.2) is 0 Å². The summed E-state index contributed by atoms with van der Waals surface area (Å²) in [6, 6.07) is 6.08. The molecule has 0 unspecified atom stereocenters. The zero-order chi connectivity index (χ0) is 11.6. The van der Waals surface area contributed by atoms with Crippen LogP contribution in [0.1, 0.15) is 25.0 Å². The Morgan fingerprint density at radius 3 is 2.62 bits per heavy atom. The Bertz CT molecular complexity index is 367. The molecule has 0 aromatic heterocycles. The van der Waals surface area contributed by atoms with Crippen LogP contribution in [0, 0.1) is 6.92 Å². The fraction of sp³-hybridized carbons (Fsp3) is 0.538. The van der Waals surface area contributed by atoms with Crippen molar-refractivity contribution in [2.75, 3.05) is 19.8 Å². The molecule has 1 fully saturated rings. The average molecular weight is 222 g/mol. The van der Waals surface area contributed by atoms with Crippen molar-refractivity contribution in [2.45, 2.75) is 26.6 Å². The fourth-order valence-corrected chi connectivity index (χ4v) is 1.95. The molecule has 1 aliphatic rings. The molecule has 0 amide bonds. The third-order valence-corrected chi connectivity index (χ3v) is 2.76. The standard InChI is InChI=1S/C13H18O3/c1-4-14-12-6-5-10(2)9-11(12)13(3)15-7-8-16-13/h5-6,9H,4,7-8H2,1-3H3. The maximum Gasteiger partial charge on any atom is 0.195 e. The third kappa shape index (κ3) is 2.06. The second-order valence-electron chi connectivity index (χ2n) is 4.08. The van der Waals surface area contributed by atoms with E-state index in [1.807, 2.05) is 26.0 Å². The zero-order valence-electron chi connectivity index (χ0n) is 10.1. The van der Waals surface area contributed by atoms with E-state index < -0.39 is 5.79 Å². The second kappa shape index (κ2) is 4.44. The van der Waals surface area contributed by atoms with Gasteiger partial charge < -0.3 is 14.2 Å². The smallest absolute Gasteiger partial charge is 0.195 e. The van der Waals surface area contributed by atoms with E-state index in [1.54, 1.807) is 0 Å². The number of ether oxygens (including phenoxy) is 3. The minimum Gasteiger partial charge on any atom is -0.493 e. The van der Waals surface area contributed by atoms with Gasteiger partial charge in [-0.15, -0.1) is 0 Å². The Labute approximate surface area is 96.3 Å². The van der Waals surface area contributed by atoms with Crippen LogP contribution in [0.15, 0.2) is 18.2 Å². The van der Waals surface area contributed by atoms with E-state index in [0.29, 0.717) is 19.8 Å². The van der Waals surface area contributed by atoms with Crippen LogP contribution >= 0.6 is 0 Å². The summed E-state index contributed by atoms with van der Waals surface area (Å²) in [5.74, 6) is 0.189. The Balaban J connectivity index is 2.40. The molecule has 0 saturated carbocycles. The molecular weight excluding hydrogens is 204 g/mol. The van der Waals surface area contributed by atoms with Crippen molar-refractivity contribution in [1.29, 1.82) is 0 Å². The quantitative estimate of drug-likeness (QED) is 0.786. The summed E-state index contributed by atoms with van der Waals surface area (Å²) in [4.78, 5) is 0. The van der Waals surface area contributed by atoms with Gasteiger partial charge in [0.15, 0.2) is 5.79 Å². The number of benzene rings is 1. The van der Waals surface area contributed by atoms with Crippen molar-refractivity contribution < 1.29 is 14.2 Å². The lowest BCUT2D eigenvalue weighted by atomic mass is 10.0. The number of aryl methyl sites for hydroxylation is 1. The van der Waals surface area contributed by atoms with Crippen LogP contribution < -0.4 is 4.74 Å². The number of hydrogen-bond acceptors (Lipinski definition) is 3. The van der Waals surface area contributed by atoms with Crippen LogP contribution in [0.4, 0.5) is 0 Å². The largest absolute Gasteiger partial charge is 0.493 e. The van der Waals surface area contributed by atoms with E-state index in [1.165, 1.54) is 5.56 Å². The van der Waals surface area contributed by atoms with E-state index in [-0.39, 0.29) is 0 Å². The molecule has 0 spiro atoms. The second-order valence-corrected chi connectivity index (χ2v) is 4.08. The molecule has 1 aromatic carbocycles. The van der Waals surface area contributed by atoms with Gasteiger partial charge in [0.25, 0.3) is 0 Å². The lowest BCUT2D eigenvalue weighted by molar-refractivity contribution is -0.150. The molecule has 0 atom stereocenters. The van der Waals surface area contributed by atoms with E-state index in [0.717, 1.165) is 11.3 Å². The first kappa shape index (κ1) is 11.4. The Morgan fingerprint density at radius 2 is 2.00 bits per heavy atom. The SMILES string of the molecule is CCOc1ccc(C)cc1C1(C)OCCO1. The van der Waals surface area contributed by atoms with Crippen LogP contribution in [0.2, 0.25) is 0 Å². The first-order valence-corrected chi connectivity index (χ1v) is 5.67.